The molecule has 0 saturated heterocycles. The Morgan fingerprint density at radius 2 is 1.34 bits per heavy atom. The summed E-state index contributed by atoms with van der Waals surface area (Å²) in [6.45, 7) is 9.29. The first kappa shape index (κ1) is 24.9. The van der Waals surface area contributed by atoms with Gasteiger partial charge in [0.25, 0.3) is 8.32 Å². The Kier molecular flexibility index (Phi) is 6.54. The molecule has 0 radical (unpaired) electrons. The second kappa shape index (κ2) is 7.61. The summed E-state index contributed by atoms with van der Waals surface area (Å²) in [7, 11) is -2.46. The van der Waals surface area contributed by atoms with Gasteiger partial charge in [0.1, 0.15) is 0 Å². The van der Waals surface area contributed by atoms with Crippen molar-refractivity contribution in [3.05, 3.63) is 29.8 Å². The summed E-state index contributed by atoms with van der Waals surface area (Å²) in [5.74, 6) is -16.2. The SMILES string of the molecule is CC(C)(C)[Si](C)(C)OC(=O)c1ccc(NC(=O)C(F)(F)C(F)(F)C(F)(F)F)cc1. The van der Waals surface area contributed by atoms with Gasteiger partial charge in [0.2, 0.25) is 0 Å². The van der Waals surface area contributed by atoms with Crippen LogP contribution in [0.25, 0.3) is 0 Å². The molecule has 164 valence electrons. The number of hydrogen-bond acceptors (Lipinski definition) is 3. The molecule has 1 N–H and O–H groups in total. The molecular weight excluding hydrogens is 427 g/mol. The van der Waals surface area contributed by atoms with Crippen molar-refractivity contribution < 1.29 is 44.7 Å². The van der Waals surface area contributed by atoms with Crippen molar-refractivity contribution in [3.63, 3.8) is 0 Å². The monoisotopic (exact) mass is 447 g/mol. The standard InChI is InChI=1S/C17H20F7NO3Si/c1-14(2,3)29(4,5)28-12(26)10-6-8-11(9-7-10)25-13(27)15(18,19)16(20,21)17(22,23)24/h6-9H,1-5H3,(H,25,27). The highest BCUT2D eigenvalue weighted by Gasteiger charge is 2.76. The number of carbonyl (C=O) groups is 2. The van der Waals surface area contributed by atoms with Gasteiger partial charge in [0.15, 0.2) is 0 Å². The Morgan fingerprint density at radius 3 is 1.72 bits per heavy atom. The topological polar surface area (TPSA) is 55.4 Å². The lowest BCUT2D eigenvalue weighted by Gasteiger charge is -2.35. The number of alkyl halides is 7. The molecule has 0 aliphatic carbocycles. The third-order valence-corrected chi connectivity index (χ3v) is 8.88. The molecule has 0 aromatic heterocycles. The summed E-state index contributed by atoms with van der Waals surface area (Å²) in [5.41, 5.74) is -0.517. The van der Waals surface area contributed by atoms with Crippen molar-refractivity contribution in [3.8, 4) is 0 Å². The van der Waals surface area contributed by atoms with E-state index in [1.54, 1.807) is 0 Å². The average molecular weight is 447 g/mol. The van der Waals surface area contributed by atoms with Gasteiger partial charge in [-0.1, -0.05) is 20.8 Å². The highest BCUT2D eigenvalue weighted by atomic mass is 28.4. The van der Waals surface area contributed by atoms with Gasteiger partial charge in [0, 0.05) is 5.69 Å². The zero-order chi connectivity index (χ0) is 23.1. The highest BCUT2D eigenvalue weighted by Crippen LogP contribution is 2.46. The fraction of sp³-hybridized carbons (Fsp3) is 0.529. The summed E-state index contributed by atoms with van der Waals surface area (Å²) in [4.78, 5) is 23.5. The van der Waals surface area contributed by atoms with E-state index in [2.05, 4.69) is 0 Å². The van der Waals surface area contributed by atoms with Crippen molar-refractivity contribution in [1.29, 1.82) is 0 Å². The molecule has 12 heteroatoms. The summed E-state index contributed by atoms with van der Waals surface area (Å²) < 4.78 is 94.4. The van der Waals surface area contributed by atoms with Crippen LogP contribution in [-0.2, 0) is 9.22 Å². The summed E-state index contributed by atoms with van der Waals surface area (Å²) in [6.07, 6.45) is -6.62. The average Bonchev–Trinajstić information content (AvgIpc) is 2.52. The molecule has 4 nitrogen and oxygen atoms in total. The summed E-state index contributed by atoms with van der Waals surface area (Å²) in [5, 5.41) is 1.00. The molecule has 0 saturated carbocycles. The lowest BCUT2D eigenvalue weighted by molar-refractivity contribution is -0.343. The van der Waals surface area contributed by atoms with Crippen LogP contribution in [0.2, 0.25) is 18.1 Å². The number of benzene rings is 1. The number of amides is 1. The van der Waals surface area contributed by atoms with Gasteiger partial charge >= 0.3 is 29.9 Å². The molecular formula is C17H20F7NO3Si. The van der Waals surface area contributed by atoms with Crippen LogP contribution in [0.1, 0.15) is 31.1 Å². The normalized spacial score (nSPS) is 13.8. The molecule has 29 heavy (non-hydrogen) atoms. The maximum atomic E-state index is 13.3. The molecule has 0 unspecified atom stereocenters. The minimum absolute atomic E-state index is 0.0137. The smallest absolute Gasteiger partial charge is 0.460 e. The van der Waals surface area contributed by atoms with E-state index in [4.69, 9.17) is 4.43 Å². The van der Waals surface area contributed by atoms with Crippen LogP contribution < -0.4 is 5.32 Å². The fourth-order valence-corrected chi connectivity index (χ4v) is 2.55. The maximum absolute atomic E-state index is 13.3. The third-order valence-electron chi connectivity index (χ3n) is 4.57. The van der Waals surface area contributed by atoms with E-state index in [9.17, 15) is 40.3 Å². The Balaban J connectivity index is 2.95. The molecule has 0 bridgehead atoms. The van der Waals surface area contributed by atoms with Crippen LogP contribution in [-0.4, -0.2) is 38.2 Å². The van der Waals surface area contributed by atoms with Crippen molar-refractivity contribution in [1.82, 2.24) is 0 Å². The molecule has 1 rings (SSSR count). The van der Waals surface area contributed by atoms with E-state index in [-0.39, 0.29) is 10.6 Å². The molecule has 1 aromatic rings. The highest BCUT2D eigenvalue weighted by molar-refractivity contribution is 6.75. The fourth-order valence-electron chi connectivity index (χ4n) is 1.66. The van der Waals surface area contributed by atoms with E-state index in [1.807, 2.05) is 33.9 Å². The number of anilines is 1. The Morgan fingerprint density at radius 1 is 0.897 bits per heavy atom. The zero-order valence-corrected chi connectivity index (χ0v) is 17.2. The maximum Gasteiger partial charge on any atom is 0.460 e. The molecule has 0 spiro atoms. The van der Waals surface area contributed by atoms with Gasteiger partial charge in [-0.15, -0.1) is 0 Å². The van der Waals surface area contributed by atoms with Crippen LogP contribution in [0, 0.1) is 0 Å². The summed E-state index contributed by atoms with van der Waals surface area (Å²) >= 11 is 0. The lowest BCUT2D eigenvalue weighted by atomic mass is 10.1. The van der Waals surface area contributed by atoms with Crippen LogP contribution >= 0.6 is 0 Å². The number of nitrogens with one attached hydrogen (secondary N) is 1. The van der Waals surface area contributed by atoms with E-state index in [0.29, 0.717) is 0 Å². The Hall–Kier alpha value is -2.11. The van der Waals surface area contributed by atoms with E-state index in [1.165, 1.54) is 5.32 Å². The van der Waals surface area contributed by atoms with Crippen LogP contribution in [0.15, 0.2) is 24.3 Å². The van der Waals surface area contributed by atoms with Gasteiger partial charge in [-0.25, -0.2) is 4.79 Å². The first-order valence-corrected chi connectivity index (χ1v) is 11.1. The van der Waals surface area contributed by atoms with Crippen LogP contribution in [0.3, 0.4) is 0 Å². The number of carbonyl (C=O) groups excluding carboxylic acids is 2. The molecule has 0 heterocycles. The minimum Gasteiger partial charge on any atom is -0.516 e. The first-order valence-electron chi connectivity index (χ1n) is 8.21. The number of hydrogen-bond donors (Lipinski definition) is 1. The number of halogens is 7. The van der Waals surface area contributed by atoms with Crippen molar-refractivity contribution in [2.75, 3.05) is 5.32 Å². The molecule has 0 aliphatic heterocycles. The Bertz CT molecular complexity index is 769. The van der Waals surface area contributed by atoms with Gasteiger partial charge in [-0.2, -0.15) is 30.7 Å². The first-order chi connectivity index (χ1) is 12.7. The van der Waals surface area contributed by atoms with Crippen molar-refractivity contribution in [2.24, 2.45) is 0 Å². The molecule has 1 amide bonds. The summed E-state index contributed by atoms with van der Waals surface area (Å²) in [6, 6.07) is 3.93. The van der Waals surface area contributed by atoms with Gasteiger partial charge < -0.3 is 9.74 Å². The number of rotatable bonds is 5. The largest absolute Gasteiger partial charge is 0.516 e. The van der Waals surface area contributed by atoms with Crippen LogP contribution in [0.4, 0.5) is 36.4 Å². The minimum atomic E-state index is -6.62. The van der Waals surface area contributed by atoms with Gasteiger partial charge in [-0.3, -0.25) is 4.79 Å². The van der Waals surface area contributed by atoms with Crippen molar-refractivity contribution in [2.45, 2.75) is 56.9 Å². The van der Waals surface area contributed by atoms with E-state index >= 15 is 0 Å². The van der Waals surface area contributed by atoms with E-state index < -0.39 is 43.9 Å². The van der Waals surface area contributed by atoms with Gasteiger partial charge in [0.05, 0.1) is 5.56 Å². The molecule has 0 fully saturated rings. The lowest BCUT2D eigenvalue weighted by Crippen LogP contribution is -2.57. The predicted octanol–water partition coefficient (Wildman–Crippen LogP) is 5.62. The third kappa shape index (κ3) is 5.09. The molecule has 1 aromatic carbocycles. The quantitative estimate of drug-likeness (QED) is 0.471. The van der Waals surface area contributed by atoms with Gasteiger partial charge in [-0.05, 0) is 42.4 Å². The molecule has 0 aliphatic rings. The van der Waals surface area contributed by atoms with E-state index in [0.717, 1.165) is 24.3 Å². The Labute approximate surface area is 163 Å². The second-order valence-corrected chi connectivity index (χ2v) is 12.6. The van der Waals surface area contributed by atoms with Crippen molar-refractivity contribution >= 4 is 25.9 Å². The van der Waals surface area contributed by atoms with Crippen LogP contribution in [0.5, 0.6) is 0 Å². The zero-order valence-electron chi connectivity index (χ0n) is 16.2. The predicted molar refractivity (Wildman–Crippen MR) is 93.6 cm³/mol. The molecule has 0 atom stereocenters. The second-order valence-electron chi connectivity index (χ2n) is 7.83.